The zero-order valence-corrected chi connectivity index (χ0v) is 13.3. The lowest BCUT2D eigenvalue weighted by molar-refractivity contribution is 0.0822. The maximum atomic E-state index is 13.4. The fraction of sp³-hybridized carbons (Fsp3) is 0.235. The number of benzene rings is 2. The van der Waals surface area contributed by atoms with Crippen LogP contribution in [0.1, 0.15) is 35.2 Å². The van der Waals surface area contributed by atoms with Crippen molar-refractivity contribution in [2.45, 2.75) is 24.8 Å². The number of hydrogen-bond donors (Lipinski definition) is 1. The molecule has 5 heteroatoms. The van der Waals surface area contributed by atoms with Crippen LogP contribution in [0.3, 0.4) is 0 Å². The van der Waals surface area contributed by atoms with Crippen molar-refractivity contribution < 1.29 is 13.6 Å². The highest BCUT2D eigenvalue weighted by Gasteiger charge is 2.40. The summed E-state index contributed by atoms with van der Waals surface area (Å²) in [6.07, 6.45) is 2.57. The van der Waals surface area contributed by atoms with Gasteiger partial charge in [-0.2, -0.15) is 0 Å². The molecule has 22 heavy (non-hydrogen) atoms. The maximum absolute atomic E-state index is 13.4. The molecule has 2 aromatic rings. The Bertz CT molecular complexity index is 711. The summed E-state index contributed by atoms with van der Waals surface area (Å²) >= 11 is 3.27. The third kappa shape index (κ3) is 2.77. The molecule has 1 amide bonds. The van der Waals surface area contributed by atoms with Gasteiger partial charge in [-0.3, -0.25) is 4.79 Å². The normalized spacial score (nSPS) is 16.0. The quantitative estimate of drug-likeness (QED) is 0.849. The van der Waals surface area contributed by atoms with Gasteiger partial charge in [0.05, 0.1) is 11.1 Å². The average molecular weight is 366 g/mol. The molecule has 1 saturated carbocycles. The Morgan fingerprint density at radius 2 is 1.68 bits per heavy atom. The van der Waals surface area contributed by atoms with E-state index in [1.807, 2.05) is 0 Å². The van der Waals surface area contributed by atoms with Crippen molar-refractivity contribution in [1.82, 2.24) is 5.32 Å². The Balaban J connectivity index is 1.88. The summed E-state index contributed by atoms with van der Waals surface area (Å²) < 4.78 is 27.0. The number of carbonyl (C=O) groups excluding carboxylic acids is 1. The maximum Gasteiger partial charge on any atom is 0.253 e. The highest BCUT2D eigenvalue weighted by Crippen LogP contribution is 2.41. The van der Waals surface area contributed by atoms with Crippen LogP contribution in [0.15, 0.2) is 46.9 Å². The molecule has 0 aliphatic heterocycles. The van der Waals surface area contributed by atoms with Crippen molar-refractivity contribution >= 4 is 21.8 Å². The summed E-state index contributed by atoms with van der Waals surface area (Å²) in [4.78, 5) is 12.5. The molecule has 114 valence electrons. The van der Waals surface area contributed by atoms with Crippen LogP contribution in [0.4, 0.5) is 8.78 Å². The van der Waals surface area contributed by atoms with E-state index in [1.165, 1.54) is 30.3 Å². The molecule has 1 fully saturated rings. The van der Waals surface area contributed by atoms with E-state index in [2.05, 4.69) is 21.2 Å². The minimum atomic E-state index is -0.490. The first-order valence-electron chi connectivity index (χ1n) is 7.04. The molecule has 0 spiro atoms. The van der Waals surface area contributed by atoms with Crippen LogP contribution in [-0.2, 0) is 5.54 Å². The summed E-state index contributed by atoms with van der Waals surface area (Å²) in [6, 6.07) is 10.2. The second kappa shape index (κ2) is 5.80. The lowest BCUT2D eigenvalue weighted by Crippen LogP contribution is -2.50. The summed E-state index contributed by atoms with van der Waals surface area (Å²) in [7, 11) is 0. The molecule has 0 bridgehead atoms. The van der Waals surface area contributed by atoms with E-state index >= 15 is 0 Å². The van der Waals surface area contributed by atoms with Gasteiger partial charge in [-0.05, 0) is 71.1 Å². The van der Waals surface area contributed by atoms with Gasteiger partial charge < -0.3 is 5.32 Å². The summed E-state index contributed by atoms with van der Waals surface area (Å²) in [5.41, 5.74) is 0.644. The third-order valence-electron chi connectivity index (χ3n) is 4.13. The Morgan fingerprint density at radius 3 is 2.27 bits per heavy atom. The van der Waals surface area contributed by atoms with E-state index in [-0.39, 0.29) is 17.3 Å². The Labute approximate surface area is 135 Å². The van der Waals surface area contributed by atoms with Crippen LogP contribution in [0.2, 0.25) is 0 Å². The van der Waals surface area contributed by atoms with Gasteiger partial charge in [-0.15, -0.1) is 0 Å². The van der Waals surface area contributed by atoms with Gasteiger partial charge in [-0.1, -0.05) is 12.1 Å². The molecule has 0 aromatic heterocycles. The van der Waals surface area contributed by atoms with Crippen molar-refractivity contribution in [2.24, 2.45) is 0 Å². The average Bonchev–Trinajstić information content (AvgIpc) is 2.46. The van der Waals surface area contributed by atoms with Crippen molar-refractivity contribution in [3.05, 3.63) is 69.7 Å². The molecule has 0 radical (unpaired) electrons. The lowest BCUT2D eigenvalue weighted by atomic mass is 9.71. The van der Waals surface area contributed by atoms with Crippen LogP contribution in [-0.4, -0.2) is 5.91 Å². The van der Waals surface area contributed by atoms with Crippen LogP contribution in [0.25, 0.3) is 0 Å². The van der Waals surface area contributed by atoms with E-state index < -0.39 is 11.4 Å². The van der Waals surface area contributed by atoms with Crippen LogP contribution in [0.5, 0.6) is 0 Å². The molecule has 1 N–H and O–H groups in total. The first kappa shape index (κ1) is 15.2. The predicted molar refractivity (Wildman–Crippen MR) is 83.5 cm³/mol. The molecule has 0 unspecified atom stereocenters. The number of nitrogens with one attached hydrogen (secondary N) is 1. The summed E-state index contributed by atoms with van der Waals surface area (Å²) in [5, 5.41) is 2.99. The van der Waals surface area contributed by atoms with E-state index in [4.69, 9.17) is 0 Å². The molecule has 1 aliphatic rings. The first-order chi connectivity index (χ1) is 10.5. The molecule has 0 atom stereocenters. The second-order valence-corrected chi connectivity index (χ2v) is 6.38. The molecule has 0 saturated heterocycles. The SMILES string of the molecule is O=C(NC1(c2ccc(F)cc2)CCC1)c1cc(F)ccc1Br. The monoisotopic (exact) mass is 365 g/mol. The van der Waals surface area contributed by atoms with Crippen molar-refractivity contribution in [1.29, 1.82) is 0 Å². The van der Waals surface area contributed by atoms with E-state index in [0.29, 0.717) is 4.47 Å². The zero-order valence-electron chi connectivity index (χ0n) is 11.7. The topological polar surface area (TPSA) is 29.1 Å². The number of hydrogen-bond acceptors (Lipinski definition) is 1. The molecule has 1 aliphatic carbocycles. The van der Waals surface area contributed by atoms with Gasteiger partial charge in [-0.25, -0.2) is 8.78 Å². The minimum Gasteiger partial charge on any atom is -0.342 e. The van der Waals surface area contributed by atoms with E-state index in [0.717, 1.165) is 24.8 Å². The molecule has 2 aromatic carbocycles. The van der Waals surface area contributed by atoms with Gasteiger partial charge >= 0.3 is 0 Å². The van der Waals surface area contributed by atoms with Crippen LogP contribution < -0.4 is 5.32 Å². The van der Waals surface area contributed by atoms with Crippen LogP contribution in [0, 0.1) is 11.6 Å². The largest absolute Gasteiger partial charge is 0.342 e. The first-order valence-corrected chi connectivity index (χ1v) is 7.83. The molecule has 3 rings (SSSR count). The van der Waals surface area contributed by atoms with Gasteiger partial charge in [0.2, 0.25) is 0 Å². The molecular formula is C17H14BrF2NO. The van der Waals surface area contributed by atoms with Gasteiger partial charge in [0.15, 0.2) is 0 Å². The van der Waals surface area contributed by atoms with Crippen molar-refractivity contribution in [3.63, 3.8) is 0 Å². The fourth-order valence-electron chi connectivity index (χ4n) is 2.74. The number of amides is 1. The number of halogens is 3. The second-order valence-electron chi connectivity index (χ2n) is 5.52. The van der Waals surface area contributed by atoms with E-state index in [1.54, 1.807) is 12.1 Å². The fourth-order valence-corrected chi connectivity index (χ4v) is 3.17. The zero-order chi connectivity index (χ0) is 15.7. The third-order valence-corrected chi connectivity index (χ3v) is 4.82. The molecule has 0 heterocycles. The Hall–Kier alpha value is -1.75. The number of rotatable bonds is 3. The van der Waals surface area contributed by atoms with Crippen LogP contribution >= 0.6 is 15.9 Å². The predicted octanol–water partition coefficient (Wildman–Crippen LogP) is 4.54. The van der Waals surface area contributed by atoms with Crippen molar-refractivity contribution in [3.8, 4) is 0 Å². The van der Waals surface area contributed by atoms with Gasteiger partial charge in [0, 0.05) is 4.47 Å². The van der Waals surface area contributed by atoms with Gasteiger partial charge in [0.1, 0.15) is 11.6 Å². The Kier molecular flexibility index (Phi) is 4.00. The van der Waals surface area contributed by atoms with Gasteiger partial charge in [0.25, 0.3) is 5.91 Å². The lowest BCUT2D eigenvalue weighted by Gasteiger charge is -2.43. The summed E-state index contributed by atoms with van der Waals surface area (Å²) in [5.74, 6) is -1.11. The van der Waals surface area contributed by atoms with E-state index in [9.17, 15) is 13.6 Å². The highest BCUT2D eigenvalue weighted by atomic mass is 79.9. The summed E-state index contributed by atoms with van der Waals surface area (Å²) in [6.45, 7) is 0. The Morgan fingerprint density at radius 1 is 1.05 bits per heavy atom. The molecule has 2 nitrogen and oxygen atoms in total. The minimum absolute atomic E-state index is 0.258. The molecular weight excluding hydrogens is 352 g/mol. The number of carbonyl (C=O) groups is 1. The standard InChI is InChI=1S/C17H14BrF2NO/c18-15-7-6-13(20)10-14(15)16(22)21-17(8-1-9-17)11-2-4-12(19)5-3-11/h2-7,10H,1,8-9H2,(H,21,22). The highest BCUT2D eigenvalue weighted by molar-refractivity contribution is 9.10. The van der Waals surface area contributed by atoms with Crippen molar-refractivity contribution in [2.75, 3.05) is 0 Å². The smallest absolute Gasteiger partial charge is 0.253 e.